The zero-order chi connectivity index (χ0) is 18.1. The Morgan fingerprint density at radius 3 is 2.84 bits per heavy atom. The number of carbonyl (C=O) groups is 1. The van der Waals surface area contributed by atoms with Gasteiger partial charge in [-0.05, 0) is 37.3 Å². The van der Waals surface area contributed by atoms with E-state index in [1.54, 1.807) is 19.2 Å². The van der Waals surface area contributed by atoms with Gasteiger partial charge in [0.15, 0.2) is 0 Å². The molecule has 0 bridgehead atoms. The number of hydrogen-bond donors (Lipinski definition) is 2. The molecule has 2 N–H and O–H groups in total. The number of anilines is 1. The van der Waals surface area contributed by atoms with Gasteiger partial charge in [0.1, 0.15) is 23.9 Å². The van der Waals surface area contributed by atoms with Crippen molar-refractivity contribution in [1.82, 2.24) is 10.3 Å². The molecule has 0 fully saturated rings. The minimum Gasteiger partial charge on any atom is -0.491 e. The van der Waals surface area contributed by atoms with Gasteiger partial charge in [-0.15, -0.1) is 0 Å². The molecule has 1 amide bonds. The quantitative estimate of drug-likeness (QED) is 0.624. The number of nitrogens with zero attached hydrogens (tertiary/aromatic N) is 1. The van der Waals surface area contributed by atoms with Crippen LogP contribution in [0.3, 0.4) is 0 Å². The molecule has 0 aliphatic rings. The lowest BCUT2D eigenvalue weighted by molar-refractivity contribution is 0.0958. The zero-order valence-corrected chi connectivity index (χ0v) is 15.9. The van der Waals surface area contributed by atoms with Crippen LogP contribution in [0.15, 0.2) is 40.9 Å². The van der Waals surface area contributed by atoms with Gasteiger partial charge in [-0.3, -0.25) is 4.79 Å². The summed E-state index contributed by atoms with van der Waals surface area (Å²) in [6, 6.07) is 11.1. The van der Waals surface area contributed by atoms with Gasteiger partial charge >= 0.3 is 0 Å². The molecule has 0 aliphatic carbocycles. The summed E-state index contributed by atoms with van der Waals surface area (Å²) in [5.74, 6) is 1.20. The first-order chi connectivity index (χ1) is 12.1. The van der Waals surface area contributed by atoms with Gasteiger partial charge in [0, 0.05) is 30.2 Å². The fourth-order valence-electron chi connectivity index (χ4n) is 2.16. The molecular formula is C18H22BrN3O3. The van der Waals surface area contributed by atoms with E-state index in [1.165, 1.54) is 0 Å². The van der Waals surface area contributed by atoms with E-state index in [-0.39, 0.29) is 5.91 Å². The molecule has 25 heavy (non-hydrogen) atoms. The summed E-state index contributed by atoms with van der Waals surface area (Å²) in [5.41, 5.74) is 1.35. The van der Waals surface area contributed by atoms with Gasteiger partial charge in [0.05, 0.1) is 6.61 Å². The molecule has 0 unspecified atom stereocenters. The molecule has 1 heterocycles. The first-order valence-electron chi connectivity index (χ1n) is 8.06. The van der Waals surface area contributed by atoms with Crippen LogP contribution in [0.4, 0.5) is 5.82 Å². The molecule has 2 rings (SSSR count). The van der Waals surface area contributed by atoms with E-state index < -0.39 is 0 Å². The Bertz CT molecular complexity index is 710. The summed E-state index contributed by atoms with van der Waals surface area (Å²) in [7, 11) is 1.58. The van der Waals surface area contributed by atoms with Gasteiger partial charge in [0.25, 0.3) is 5.91 Å². The lowest BCUT2D eigenvalue weighted by Crippen LogP contribution is -2.19. The van der Waals surface area contributed by atoms with Crippen LogP contribution < -0.4 is 15.4 Å². The van der Waals surface area contributed by atoms with E-state index in [1.807, 2.05) is 31.2 Å². The van der Waals surface area contributed by atoms with E-state index >= 15 is 0 Å². The van der Waals surface area contributed by atoms with Gasteiger partial charge in [-0.1, -0.05) is 22.0 Å². The minimum absolute atomic E-state index is 0.217. The van der Waals surface area contributed by atoms with E-state index in [9.17, 15) is 4.79 Å². The highest BCUT2D eigenvalue weighted by Crippen LogP contribution is 2.24. The van der Waals surface area contributed by atoms with Crippen LogP contribution in [0.1, 0.15) is 23.0 Å². The normalized spacial score (nSPS) is 10.4. The van der Waals surface area contributed by atoms with Gasteiger partial charge in [-0.2, -0.15) is 0 Å². The highest BCUT2D eigenvalue weighted by atomic mass is 79.9. The maximum absolute atomic E-state index is 11.7. The van der Waals surface area contributed by atoms with E-state index in [0.717, 1.165) is 15.8 Å². The smallest absolute Gasteiger partial charge is 0.269 e. The second-order valence-corrected chi connectivity index (χ2v) is 6.05. The van der Waals surface area contributed by atoms with E-state index in [4.69, 9.17) is 9.47 Å². The van der Waals surface area contributed by atoms with Crippen molar-refractivity contribution in [1.29, 1.82) is 0 Å². The Labute approximate surface area is 156 Å². The molecule has 1 aromatic carbocycles. The average Bonchev–Trinajstić information content (AvgIpc) is 2.64. The number of benzene rings is 1. The lowest BCUT2D eigenvalue weighted by atomic mass is 10.2. The van der Waals surface area contributed by atoms with Crippen LogP contribution >= 0.6 is 15.9 Å². The van der Waals surface area contributed by atoms with Crippen LogP contribution in [0.2, 0.25) is 0 Å². The molecule has 1 aromatic heterocycles. The highest BCUT2D eigenvalue weighted by Gasteiger charge is 2.08. The molecule has 0 spiro atoms. The highest BCUT2D eigenvalue weighted by molar-refractivity contribution is 9.10. The zero-order valence-electron chi connectivity index (χ0n) is 14.3. The van der Waals surface area contributed by atoms with Crippen LogP contribution in [-0.2, 0) is 11.3 Å². The number of amides is 1. The van der Waals surface area contributed by atoms with Crippen molar-refractivity contribution in [2.75, 3.05) is 32.2 Å². The SMILES string of the molecule is CCOCCOc1ccc(Br)cc1CNc1cccc(C(=O)NC)n1. The molecule has 0 aliphatic heterocycles. The number of rotatable bonds is 9. The summed E-state index contributed by atoms with van der Waals surface area (Å²) < 4.78 is 12.1. The van der Waals surface area contributed by atoms with Gasteiger partial charge in [0.2, 0.25) is 0 Å². The predicted octanol–water partition coefficient (Wildman–Crippen LogP) is 3.23. The Morgan fingerprint density at radius 1 is 1.24 bits per heavy atom. The van der Waals surface area contributed by atoms with Crippen molar-refractivity contribution in [3.63, 3.8) is 0 Å². The number of hydrogen-bond acceptors (Lipinski definition) is 5. The van der Waals surface area contributed by atoms with Gasteiger partial charge in [-0.25, -0.2) is 4.98 Å². The van der Waals surface area contributed by atoms with Crippen LogP contribution in [0, 0.1) is 0 Å². The molecule has 0 saturated carbocycles. The first-order valence-corrected chi connectivity index (χ1v) is 8.85. The van der Waals surface area contributed by atoms with E-state index in [2.05, 4.69) is 31.5 Å². The molecule has 0 atom stereocenters. The third-order valence-electron chi connectivity index (χ3n) is 3.38. The third-order valence-corrected chi connectivity index (χ3v) is 3.87. The van der Waals surface area contributed by atoms with Crippen LogP contribution in [0.5, 0.6) is 5.75 Å². The van der Waals surface area contributed by atoms with Crippen molar-refractivity contribution in [3.8, 4) is 5.75 Å². The number of aromatic nitrogens is 1. The topological polar surface area (TPSA) is 72.5 Å². The van der Waals surface area contributed by atoms with Crippen molar-refractivity contribution in [2.45, 2.75) is 13.5 Å². The fourth-order valence-corrected chi connectivity index (χ4v) is 2.56. The fraction of sp³-hybridized carbons (Fsp3) is 0.333. The Hall–Kier alpha value is -2.12. The molecule has 0 saturated heterocycles. The molecule has 6 nitrogen and oxygen atoms in total. The first kappa shape index (κ1) is 19.2. The number of nitrogens with one attached hydrogen (secondary N) is 2. The average molecular weight is 408 g/mol. The summed E-state index contributed by atoms with van der Waals surface area (Å²) in [6.45, 7) is 4.19. The number of ether oxygens (including phenoxy) is 2. The largest absolute Gasteiger partial charge is 0.491 e. The molecule has 2 aromatic rings. The van der Waals surface area contributed by atoms with E-state index in [0.29, 0.717) is 37.9 Å². The molecule has 134 valence electrons. The maximum atomic E-state index is 11.7. The Morgan fingerprint density at radius 2 is 2.08 bits per heavy atom. The summed E-state index contributed by atoms with van der Waals surface area (Å²) in [5, 5.41) is 5.79. The second kappa shape index (κ2) is 10.0. The minimum atomic E-state index is -0.217. The Balaban J connectivity index is 2.04. The van der Waals surface area contributed by atoms with Gasteiger partial charge < -0.3 is 20.1 Å². The van der Waals surface area contributed by atoms with Crippen LogP contribution in [0.25, 0.3) is 0 Å². The van der Waals surface area contributed by atoms with Crippen molar-refractivity contribution < 1.29 is 14.3 Å². The predicted molar refractivity (Wildman–Crippen MR) is 101 cm³/mol. The molecular weight excluding hydrogens is 386 g/mol. The molecule has 0 radical (unpaired) electrons. The number of carbonyl (C=O) groups excluding carboxylic acids is 1. The second-order valence-electron chi connectivity index (χ2n) is 5.14. The monoisotopic (exact) mass is 407 g/mol. The summed E-state index contributed by atoms with van der Waals surface area (Å²) >= 11 is 3.48. The summed E-state index contributed by atoms with van der Waals surface area (Å²) in [4.78, 5) is 16.0. The van der Waals surface area contributed by atoms with Crippen molar-refractivity contribution >= 4 is 27.7 Å². The van der Waals surface area contributed by atoms with Crippen molar-refractivity contribution in [2.24, 2.45) is 0 Å². The third kappa shape index (κ3) is 6.03. The Kier molecular flexibility index (Phi) is 7.69. The lowest BCUT2D eigenvalue weighted by Gasteiger charge is -2.13. The number of halogens is 1. The molecule has 7 heteroatoms. The van der Waals surface area contributed by atoms with Crippen LogP contribution in [-0.4, -0.2) is 37.8 Å². The van der Waals surface area contributed by atoms with Crippen molar-refractivity contribution in [3.05, 3.63) is 52.1 Å². The standard InChI is InChI=1S/C18H22BrN3O3/c1-3-24-9-10-25-16-8-7-14(19)11-13(16)12-21-17-6-4-5-15(22-17)18(23)20-2/h4-8,11H,3,9-10,12H2,1-2H3,(H,20,23)(H,21,22). The maximum Gasteiger partial charge on any atom is 0.269 e. The summed E-state index contributed by atoms with van der Waals surface area (Å²) in [6.07, 6.45) is 0. The number of pyridine rings is 1.